The molecule has 2 heterocycles. The van der Waals surface area contributed by atoms with Crippen molar-refractivity contribution in [1.82, 2.24) is 9.78 Å². The van der Waals surface area contributed by atoms with E-state index in [1.54, 1.807) is 10.7 Å². The molecule has 1 aromatic carbocycles. The smallest absolute Gasteiger partial charge is 0.395 e. The first kappa shape index (κ1) is 28.9. The summed E-state index contributed by atoms with van der Waals surface area (Å²) in [5, 5.41) is 4.47. The van der Waals surface area contributed by atoms with E-state index in [1.807, 2.05) is 13.1 Å². The molecule has 0 fully saturated rings. The minimum Gasteiger partial charge on any atom is -0.395 e. The highest BCUT2D eigenvalue weighted by molar-refractivity contribution is 5.50. The Labute approximate surface area is 199 Å². The molecule has 0 saturated heterocycles. The summed E-state index contributed by atoms with van der Waals surface area (Å²) in [5.41, 5.74) is 2.69. The number of aryl methyl sites for hydroxylation is 1. The molecule has 33 heavy (non-hydrogen) atoms. The van der Waals surface area contributed by atoms with Crippen molar-refractivity contribution in [2.24, 2.45) is 5.92 Å². The number of rotatable bonds is 8. The second-order valence-electron chi connectivity index (χ2n) is 9.10. The van der Waals surface area contributed by atoms with E-state index in [0.717, 1.165) is 17.2 Å². The standard InChI is InChI=1S/C14H14F2N2O2.C9H20.C4H10/c1-8(2)13-9(3)7-18(17-13)10-4-5-11-12(6-10)20-14(15,16)19-11;1-4-6-7-8-9(3)5-2;1-3-4-2/h4-8H,1-3H3;9H,4-8H2,1-3H3;3-4H2,1-2H3. The lowest BCUT2D eigenvalue weighted by atomic mass is 10.0. The molecule has 2 aromatic rings. The van der Waals surface area contributed by atoms with Gasteiger partial charge in [0.1, 0.15) is 0 Å². The summed E-state index contributed by atoms with van der Waals surface area (Å²) in [7, 11) is 0. The van der Waals surface area contributed by atoms with Gasteiger partial charge in [0.15, 0.2) is 11.5 Å². The lowest BCUT2D eigenvalue weighted by molar-refractivity contribution is -0.286. The van der Waals surface area contributed by atoms with Crippen molar-refractivity contribution in [3.63, 3.8) is 0 Å². The molecular formula is C27H44F2N2O2. The molecule has 1 unspecified atom stereocenters. The van der Waals surface area contributed by atoms with Gasteiger partial charge in [-0.2, -0.15) is 5.10 Å². The van der Waals surface area contributed by atoms with Crippen LogP contribution in [0.15, 0.2) is 24.4 Å². The molecule has 0 N–H and O–H groups in total. The molecule has 1 atom stereocenters. The fourth-order valence-electron chi connectivity index (χ4n) is 3.20. The minimum absolute atomic E-state index is 0.0201. The van der Waals surface area contributed by atoms with Crippen LogP contribution in [-0.4, -0.2) is 16.1 Å². The van der Waals surface area contributed by atoms with Crippen molar-refractivity contribution in [3.05, 3.63) is 35.7 Å². The van der Waals surface area contributed by atoms with E-state index < -0.39 is 6.29 Å². The average molecular weight is 467 g/mol. The number of halogens is 2. The molecule has 4 nitrogen and oxygen atoms in total. The number of hydrogen-bond acceptors (Lipinski definition) is 3. The summed E-state index contributed by atoms with van der Waals surface area (Å²) in [6.45, 7) is 17.3. The van der Waals surface area contributed by atoms with Crippen LogP contribution in [0.2, 0.25) is 0 Å². The zero-order valence-electron chi connectivity index (χ0n) is 21.9. The quantitative estimate of drug-likeness (QED) is 0.364. The van der Waals surface area contributed by atoms with Gasteiger partial charge >= 0.3 is 6.29 Å². The zero-order valence-corrected chi connectivity index (χ0v) is 21.9. The lowest BCUT2D eigenvalue weighted by Gasteiger charge is -2.05. The molecule has 1 aromatic heterocycles. The van der Waals surface area contributed by atoms with Gasteiger partial charge in [-0.25, -0.2) is 4.68 Å². The second kappa shape index (κ2) is 14.2. The highest BCUT2D eigenvalue weighted by Gasteiger charge is 2.43. The van der Waals surface area contributed by atoms with E-state index in [-0.39, 0.29) is 11.5 Å². The van der Waals surface area contributed by atoms with Crippen molar-refractivity contribution >= 4 is 0 Å². The van der Waals surface area contributed by atoms with Crippen LogP contribution >= 0.6 is 0 Å². The van der Waals surface area contributed by atoms with Crippen molar-refractivity contribution < 1.29 is 18.3 Å². The SMILES string of the molecule is CCCC.CCCCCC(C)CC.Cc1cn(-c2ccc3c(c2)OC(F)(F)O3)nc1C(C)C. The van der Waals surface area contributed by atoms with Gasteiger partial charge in [-0.1, -0.05) is 93.4 Å². The van der Waals surface area contributed by atoms with E-state index in [4.69, 9.17) is 0 Å². The molecule has 0 aliphatic carbocycles. The molecule has 0 saturated carbocycles. The number of benzene rings is 1. The number of ether oxygens (including phenoxy) is 2. The minimum atomic E-state index is -3.59. The van der Waals surface area contributed by atoms with Crippen LogP contribution in [0.1, 0.15) is 111 Å². The van der Waals surface area contributed by atoms with Crippen LogP contribution in [0.4, 0.5) is 8.78 Å². The molecule has 1 aliphatic rings. The Morgan fingerprint density at radius 1 is 0.939 bits per heavy atom. The molecular weight excluding hydrogens is 422 g/mol. The van der Waals surface area contributed by atoms with Crippen LogP contribution in [0.25, 0.3) is 5.69 Å². The van der Waals surface area contributed by atoms with Crippen molar-refractivity contribution in [2.45, 2.75) is 113 Å². The maximum atomic E-state index is 13.0. The summed E-state index contributed by atoms with van der Waals surface area (Å²) < 4.78 is 36.4. The van der Waals surface area contributed by atoms with Gasteiger partial charge in [0.25, 0.3) is 0 Å². The number of alkyl halides is 2. The molecule has 0 bridgehead atoms. The van der Waals surface area contributed by atoms with Crippen LogP contribution < -0.4 is 9.47 Å². The molecule has 6 heteroatoms. The average Bonchev–Trinajstić information content (AvgIpc) is 3.31. The summed E-state index contributed by atoms with van der Waals surface area (Å²) in [4.78, 5) is 0. The van der Waals surface area contributed by atoms with Gasteiger partial charge in [-0.3, -0.25) is 0 Å². The molecule has 3 rings (SSSR count). The Morgan fingerprint density at radius 2 is 1.58 bits per heavy atom. The normalized spacial score (nSPS) is 14.3. The van der Waals surface area contributed by atoms with E-state index in [9.17, 15) is 8.78 Å². The fourth-order valence-corrected chi connectivity index (χ4v) is 3.20. The Hall–Kier alpha value is -2.11. The van der Waals surface area contributed by atoms with Gasteiger partial charge < -0.3 is 9.47 Å². The highest BCUT2D eigenvalue weighted by Crippen LogP contribution is 2.41. The Kier molecular flexibility index (Phi) is 12.5. The van der Waals surface area contributed by atoms with E-state index >= 15 is 0 Å². The third-order valence-corrected chi connectivity index (χ3v) is 5.63. The van der Waals surface area contributed by atoms with Gasteiger partial charge in [0.05, 0.1) is 11.4 Å². The monoisotopic (exact) mass is 466 g/mol. The van der Waals surface area contributed by atoms with Crippen LogP contribution in [0.5, 0.6) is 11.5 Å². The third kappa shape index (κ3) is 9.73. The van der Waals surface area contributed by atoms with Gasteiger partial charge in [-0.15, -0.1) is 8.78 Å². The van der Waals surface area contributed by atoms with Gasteiger partial charge in [0, 0.05) is 12.3 Å². The van der Waals surface area contributed by atoms with Gasteiger partial charge in [0.2, 0.25) is 0 Å². The van der Waals surface area contributed by atoms with Crippen LogP contribution in [0, 0.1) is 12.8 Å². The Bertz CT molecular complexity index is 816. The largest absolute Gasteiger partial charge is 0.586 e. The molecule has 0 spiro atoms. The maximum absolute atomic E-state index is 13.0. The first-order chi connectivity index (χ1) is 15.6. The molecule has 0 radical (unpaired) electrons. The summed E-state index contributed by atoms with van der Waals surface area (Å²) in [6.07, 6.45) is 7.91. The van der Waals surface area contributed by atoms with Crippen molar-refractivity contribution in [2.75, 3.05) is 0 Å². The van der Waals surface area contributed by atoms with Crippen LogP contribution in [-0.2, 0) is 0 Å². The molecule has 0 amide bonds. The number of fused-ring (bicyclic) bond motifs is 1. The fraction of sp³-hybridized carbons (Fsp3) is 0.667. The Balaban J connectivity index is 0.000000351. The van der Waals surface area contributed by atoms with Crippen LogP contribution in [0.3, 0.4) is 0 Å². The second-order valence-corrected chi connectivity index (χ2v) is 9.10. The predicted molar refractivity (Wildman–Crippen MR) is 133 cm³/mol. The highest BCUT2D eigenvalue weighted by atomic mass is 19.3. The zero-order chi connectivity index (χ0) is 25.0. The number of nitrogens with zero attached hydrogens (tertiary/aromatic N) is 2. The summed E-state index contributed by atoms with van der Waals surface area (Å²) >= 11 is 0. The number of aromatic nitrogens is 2. The van der Waals surface area contributed by atoms with Crippen molar-refractivity contribution in [1.29, 1.82) is 0 Å². The summed E-state index contributed by atoms with van der Waals surface area (Å²) in [6, 6.07) is 4.62. The Morgan fingerprint density at radius 3 is 2.09 bits per heavy atom. The number of unbranched alkanes of at least 4 members (excludes halogenated alkanes) is 3. The predicted octanol–water partition coefficient (Wildman–Crippen LogP) is 9.04. The van der Waals surface area contributed by atoms with E-state index in [1.165, 1.54) is 57.1 Å². The van der Waals surface area contributed by atoms with E-state index in [0.29, 0.717) is 11.6 Å². The lowest BCUT2D eigenvalue weighted by Crippen LogP contribution is -2.25. The van der Waals surface area contributed by atoms with Gasteiger partial charge in [-0.05, 0) is 36.5 Å². The first-order valence-corrected chi connectivity index (χ1v) is 12.5. The van der Waals surface area contributed by atoms with E-state index in [2.05, 4.69) is 63.0 Å². The van der Waals surface area contributed by atoms with Crippen molar-refractivity contribution in [3.8, 4) is 17.2 Å². The maximum Gasteiger partial charge on any atom is 0.586 e. The third-order valence-electron chi connectivity index (χ3n) is 5.63. The topological polar surface area (TPSA) is 36.3 Å². The summed E-state index contributed by atoms with van der Waals surface area (Å²) in [5.74, 6) is 1.31. The first-order valence-electron chi connectivity index (χ1n) is 12.5. The number of hydrogen-bond donors (Lipinski definition) is 0. The molecule has 188 valence electrons. The molecule has 1 aliphatic heterocycles.